The Morgan fingerprint density at radius 1 is 0.893 bits per heavy atom. The van der Waals surface area contributed by atoms with Crippen molar-refractivity contribution in [3.8, 4) is 0 Å². The summed E-state index contributed by atoms with van der Waals surface area (Å²) >= 11 is 0. The number of hydrogen-bond donors (Lipinski definition) is 1. The first kappa shape index (κ1) is 20.9. The van der Waals surface area contributed by atoms with E-state index in [2.05, 4.69) is 0 Å². The van der Waals surface area contributed by atoms with E-state index in [1.165, 1.54) is 64.2 Å². The summed E-state index contributed by atoms with van der Waals surface area (Å²) in [5, 5.41) is 0. The molecule has 3 rings (SSSR count). The van der Waals surface area contributed by atoms with Crippen LogP contribution in [0.15, 0.2) is 29.8 Å². The Morgan fingerprint density at radius 2 is 1.46 bits per heavy atom. The molecule has 0 unspecified atom stereocenters. The van der Waals surface area contributed by atoms with Gasteiger partial charge in [-0.1, -0.05) is 50.7 Å². The molecule has 0 aliphatic heterocycles. The summed E-state index contributed by atoms with van der Waals surface area (Å²) in [7, 11) is 0. The third-order valence-electron chi connectivity index (χ3n) is 6.05. The van der Waals surface area contributed by atoms with Gasteiger partial charge in [-0.25, -0.2) is 4.79 Å². The van der Waals surface area contributed by atoms with Crippen LogP contribution in [0.1, 0.15) is 69.8 Å². The predicted octanol–water partition coefficient (Wildman–Crippen LogP) is 5.37. The normalized spacial score (nSPS) is 19.5. The Hall–Kier alpha value is -1.81. The Kier molecular flexibility index (Phi) is 8.41. The van der Waals surface area contributed by atoms with Crippen LogP contribution < -0.4 is 5.73 Å². The summed E-state index contributed by atoms with van der Waals surface area (Å²) < 4.78 is 11.6. The van der Waals surface area contributed by atoms with Gasteiger partial charge in [0.05, 0.1) is 18.8 Å². The van der Waals surface area contributed by atoms with Crippen LogP contribution in [0, 0.1) is 11.8 Å². The lowest BCUT2D eigenvalue weighted by molar-refractivity contribution is -0.141. The van der Waals surface area contributed by atoms with Gasteiger partial charge < -0.3 is 15.2 Å². The van der Waals surface area contributed by atoms with Crippen LogP contribution >= 0.6 is 0 Å². The smallest absolute Gasteiger partial charge is 0.336 e. The third-order valence-corrected chi connectivity index (χ3v) is 6.05. The molecule has 1 aromatic carbocycles. The van der Waals surface area contributed by atoms with Crippen molar-refractivity contribution in [2.75, 3.05) is 25.6 Å². The lowest BCUT2D eigenvalue weighted by atomic mass is 9.90. The second-order valence-corrected chi connectivity index (χ2v) is 8.46. The quantitative estimate of drug-likeness (QED) is 0.371. The number of hydrogen-bond acceptors (Lipinski definition) is 4. The van der Waals surface area contributed by atoms with Crippen LogP contribution in [0.3, 0.4) is 0 Å². The first-order valence-electron chi connectivity index (χ1n) is 11.0. The number of nitrogens with two attached hydrogens (primary N) is 1. The number of ether oxygens (including phenoxy) is 2. The second-order valence-electron chi connectivity index (χ2n) is 8.46. The summed E-state index contributed by atoms with van der Waals surface area (Å²) in [5.74, 6) is 0.898. The molecule has 2 aliphatic carbocycles. The van der Waals surface area contributed by atoms with E-state index in [0.29, 0.717) is 36.3 Å². The Morgan fingerprint density at radius 3 is 2.07 bits per heavy atom. The number of benzene rings is 1. The number of carbonyl (C=O) groups is 1. The highest BCUT2D eigenvalue weighted by Crippen LogP contribution is 2.25. The second kappa shape index (κ2) is 11.3. The number of carbonyl (C=O) groups excluding carboxylic acids is 1. The highest BCUT2D eigenvalue weighted by molar-refractivity contribution is 5.94. The Balaban J connectivity index is 1.57. The lowest BCUT2D eigenvalue weighted by Crippen LogP contribution is -2.21. The van der Waals surface area contributed by atoms with Gasteiger partial charge in [-0.2, -0.15) is 0 Å². The van der Waals surface area contributed by atoms with Crippen molar-refractivity contribution in [2.45, 2.75) is 64.2 Å². The highest BCUT2D eigenvalue weighted by Gasteiger charge is 2.19. The molecule has 2 aliphatic rings. The predicted molar refractivity (Wildman–Crippen MR) is 114 cm³/mol. The summed E-state index contributed by atoms with van der Waals surface area (Å²) in [4.78, 5) is 12.7. The maximum absolute atomic E-state index is 12.7. The van der Waals surface area contributed by atoms with Gasteiger partial charge in [0.25, 0.3) is 0 Å². The highest BCUT2D eigenvalue weighted by atomic mass is 16.5. The maximum atomic E-state index is 12.7. The van der Waals surface area contributed by atoms with Crippen LogP contribution in [0.5, 0.6) is 0 Å². The molecular weight excluding hydrogens is 350 g/mol. The first-order valence-corrected chi connectivity index (χ1v) is 11.0. The average Bonchev–Trinajstić information content (AvgIpc) is 2.74. The topological polar surface area (TPSA) is 61.5 Å². The van der Waals surface area contributed by atoms with Crippen molar-refractivity contribution >= 4 is 17.7 Å². The fourth-order valence-electron chi connectivity index (χ4n) is 4.28. The molecule has 0 atom stereocenters. The van der Waals surface area contributed by atoms with Gasteiger partial charge in [0, 0.05) is 12.3 Å². The maximum Gasteiger partial charge on any atom is 0.336 e. The molecule has 0 amide bonds. The van der Waals surface area contributed by atoms with Crippen LogP contribution in [0.25, 0.3) is 6.08 Å². The lowest BCUT2D eigenvalue weighted by Gasteiger charge is -2.22. The van der Waals surface area contributed by atoms with E-state index in [1.54, 1.807) is 0 Å². The average molecular weight is 386 g/mol. The van der Waals surface area contributed by atoms with E-state index < -0.39 is 0 Å². The Bertz CT molecular complexity index is 626. The van der Waals surface area contributed by atoms with Crippen molar-refractivity contribution in [3.05, 3.63) is 35.4 Å². The fraction of sp³-hybridized carbons (Fsp3) is 0.625. The zero-order chi connectivity index (χ0) is 19.6. The molecule has 154 valence electrons. The summed E-state index contributed by atoms with van der Waals surface area (Å²) in [6.45, 7) is 1.57. The molecule has 1 aromatic rings. The summed E-state index contributed by atoms with van der Waals surface area (Å²) in [6, 6.07) is 7.54. The molecule has 28 heavy (non-hydrogen) atoms. The number of nitrogen functional groups attached to an aromatic ring is 1. The van der Waals surface area contributed by atoms with E-state index in [-0.39, 0.29) is 5.97 Å². The summed E-state index contributed by atoms with van der Waals surface area (Å²) in [6.07, 6.45) is 14.4. The molecule has 2 saturated carbocycles. The molecule has 4 heteroatoms. The van der Waals surface area contributed by atoms with Gasteiger partial charge in [-0.3, -0.25) is 0 Å². The van der Waals surface area contributed by atoms with Crippen molar-refractivity contribution in [1.82, 2.24) is 0 Å². The van der Waals surface area contributed by atoms with Crippen LogP contribution in [-0.2, 0) is 14.3 Å². The largest absolute Gasteiger partial charge is 0.462 e. The van der Waals surface area contributed by atoms with Gasteiger partial charge in [-0.05, 0) is 61.3 Å². The monoisotopic (exact) mass is 385 g/mol. The molecule has 2 fully saturated rings. The van der Waals surface area contributed by atoms with E-state index in [4.69, 9.17) is 15.2 Å². The molecule has 0 bridgehead atoms. The van der Waals surface area contributed by atoms with Crippen LogP contribution in [0.4, 0.5) is 5.69 Å². The molecule has 0 saturated heterocycles. The molecule has 0 heterocycles. The molecule has 2 N–H and O–H groups in total. The number of esters is 1. The van der Waals surface area contributed by atoms with E-state index in [1.807, 2.05) is 30.3 Å². The van der Waals surface area contributed by atoms with Crippen LogP contribution in [-0.4, -0.2) is 25.8 Å². The minimum atomic E-state index is -0.244. The third kappa shape index (κ3) is 6.97. The standard InChI is InChI=1S/C24H35NO3/c25-23-13-11-19(12-14-23)15-22(18-27-16-20-7-3-1-4-8-20)24(26)28-17-21-9-5-2-6-10-21/h11-15,20-21H,1-10,16-18,25H2/b22-15+. The molecule has 0 radical (unpaired) electrons. The number of anilines is 1. The van der Waals surface area contributed by atoms with Gasteiger partial charge in [-0.15, -0.1) is 0 Å². The molecule has 4 nitrogen and oxygen atoms in total. The molecular formula is C24H35NO3. The molecule has 0 aromatic heterocycles. The van der Waals surface area contributed by atoms with E-state index in [0.717, 1.165) is 12.2 Å². The SMILES string of the molecule is Nc1ccc(/C=C(\COCC2CCCCC2)C(=O)OCC2CCCCC2)cc1. The van der Waals surface area contributed by atoms with Crippen molar-refractivity contribution in [3.63, 3.8) is 0 Å². The molecule has 0 spiro atoms. The van der Waals surface area contributed by atoms with Gasteiger partial charge in [0.2, 0.25) is 0 Å². The van der Waals surface area contributed by atoms with E-state index >= 15 is 0 Å². The van der Waals surface area contributed by atoms with E-state index in [9.17, 15) is 4.79 Å². The first-order chi connectivity index (χ1) is 13.7. The van der Waals surface area contributed by atoms with Gasteiger partial charge in [0.15, 0.2) is 0 Å². The van der Waals surface area contributed by atoms with Crippen molar-refractivity contribution in [1.29, 1.82) is 0 Å². The minimum absolute atomic E-state index is 0.244. The summed E-state index contributed by atoms with van der Waals surface area (Å²) in [5.41, 5.74) is 8.03. The fourth-order valence-corrected chi connectivity index (χ4v) is 4.28. The van der Waals surface area contributed by atoms with Crippen LogP contribution in [0.2, 0.25) is 0 Å². The van der Waals surface area contributed by atoms with Crippen molar-refractivity contribution < 1.29 is 14.3 Å². The van der Waals surface area contributed by atoms with Gasteiger partial charge in [0.1, 0.15) is 0 Å². The van der Waals surface area contributed by atoms with Crippen molar-refractivity contribution in [2.24, 2.45) is 11.8 Å². The Labute approximate surface area is 169 Å². The van der Waals surface area contributed by atoms with Gasteiger partial charge >= 0.3 is 5.97 Å². The number of rotatable bonds is 8. The zero-order valence-corrected chi connectivity index (χ0v) is 17.0. The zero-order valence-electron chi connectivity index (χ0n) is 17.0. The minimum Gasteiger partial charge on any atom is -0.462 e.